The molecule has 1 saturated heterocycles. The van der Waals surface area contributed by atoms with Gasteiger partial charge in [0.15, 0.2) is 0 Å². The van der Waals surface area contributed by atoms with Gasteiger partial charge in [-0.3, -0.25) is 14.2 Å². The highest BCUT2D eigenvalue weighted by Crippen LogP contribution is 2.25. The summed E-state index contributed by atoms with van der Waals surface area (Å²) in [7, 11) is 1.89. The second-order valence-corrected chi connectivity index (χ2v) is 7.27. The van der Waals surface area contributed by atoms with Crippen molar-refractivity contribution in [1.29, 1.82) is 0 Å². The average Bonchev–Trinajstić information content (AvgIpc) is 3.23. The van der Waals surface area contributed by atoms with Gasteiger partial charge < -0.3 is 10.0 Å². The SMILES string of the molecule is Cc1c(C(=O)O)cnn1C1CCN(C(=O)Cc2nn(C)c3ccccc23)CC1. The van der Waals surface area contributed by atoms with Crippen molar-refractivity contribution in [3.63, 3.8) is 0 Å². The van der Waals surface area contributed by atoms with Crippen LogP contribution in [0.5, 0.6) is 0 Å². The fraction of sp³-hybridized carbons (Fsp3) is 0.400. The summed E-state index contributed by atoms with van der Waals surface area (Å²) in [4.78, 5) is 25.9. The van der Waals surface area contributed by atoms with Gasteiger partial charge in [-0.05, 0) is 25.8 Å². The van der Waals surface area contributed by atoms with Crippen LogP contribution < -0.4 is 0 Å². The largest absolute Gasteiger partial charge is 0.478 e. The molecule has 1 amide bonds. The van der Waals surface area contributed by atoms with Crippen molar-refractivity contribution in [2.45, 2.75) is 32.2 Å². The molecule has 8 heteroatoms. The van der Waals surface area contributed by atoms with Gasteiger partial charge in [0.2, 0.25) is 5.91 Å². The molecular weight excluding hydrogens is 358 g/mol. The van der Waals surface area contributed by atoms with E-state index >= 15 is 0 Å². The highest BCUT2D eigenvalue weighted by molar-refractivity contribution is 5.88. The van der Waals surface area contributed by atoms with Gasteiger partial charge >= 0.3 is 5.97 Å². The lowest BCUT2D eigenvalue weighted by Crippen LogP contribution is -2.40. The number of carbonyl (C=O) groups is 2. The van der Waals surface area contributed by atoms with Crippen molar-refractivity contribution < 1.29 is 14.7 Å². The summed E-state index contributed by atoms with van der Waals surface area (Å²) in [6, 6.07) is 8.04. The molecular formula is C20H23N5O3. The fourth-order valence-corrected chi connectivity index (χ4v) is 4.04. The van der Waals surface area contributed by atoms with E-state index < -0.39 is 5.97 Å². The number of para-hydroxylation sites is 1. The Hall–Kier alpha value is -3.16. The van der Waals surface area contributed by atoms with E-state index in [1.165, 1.54) is 6.20 Å². The van der Waals surface area contributed by atoms with Gasteiger partial charge in [0.25, 0.3) is 0 Å². The summed E-state index contributed by atoms with van der Waals surface area (Å²) in [6.07, 6.45) is 3.21. The Morgan fingerprint density at radius 3 is 2.61 bits per heavy atom. The van der Waals surface area contributed by atoms with Gasteiger partial charge in [0, 0.05) is 25.5 Å². The van der Waals surface area contributed by atoms with Crippen LogP contribution in [-0.2, 0) is 18.3 Å². The number of benzene rings is 1. The van der Waals surface area contributed by atoms with E-state index in [-0.39, 0.29) is 23.9 Å². The first-order valence-corrected chi connectivity index (χ1v) is 9.41. The maximum Gasteiger partial charge on any atom is 0.339 e. The molecule has 0 spiro atoms. The van der Waals surface area contributed by atoms with Crippen LogP contribution in [0.2, 0.25) is 0 Å². The predicted molar refractivity (Wildman–Crippen MR) is 103 cm³/mol. The molecule has 1 N–H and O–H groups in total. The van der Waals surface area contributed by atoms with Crippen LogP contribution >= 0.6 is 0 Å². The maximum atomic E-state index is 12.8. The number of carboxylic acid groups (broad SMARTS) is 1. The number of amides is 1. The summed E-state index contributed by atoms with van der Waals surface area (Å²) in [5, 5.41) is 19.0. The molecule has 28 heavy (non-hydrogen) atoms. The Balaban J connectivity index is 1.42. The van der Waals surface area contributed by atoms with Crippen molar-refractivity contribution in [1.82, 2.24) is 24.5 Å². The van der Waals surface area contributed by atoms with Gasteiger partial charge in [0.05, 0.1) is 35.6 Å². The number of carboxylic acids is 1. The highest BCUT2D eigenvalue weighted by atomic mass is 16.4. The molecule has 8 nitrogen and oxygen atoms in total. The smallest absolute Gasteiger partial charge is 0.339 e. The molecule has 1 aliphatic rings. The molecule has 4 rings (SSSR count). The second kappa shape index (κ2) is 7.10. The molecule has 1 aliphatic heterocycles. The monoisotopic (exact) mass is 381 g/mol. The molecule has 0 bridgehead atoms. The van der Waals surface area contributed by atoms with Crippen LogP contribution in [0.3, 0.4) is 0 Å². The summed E-state index contributed by atoms with van der Waals surface area (Å²) in [6.45, 7) is 3.05. The van der Waals surface area contributed by atoms with Crippen molar-refractivity contribution in [2.75, 3.05) is 13.1 Å². The van der Waals surface area contributed by atoms with Crippen LogP contribution in [-0.4, -0.2) is 54.5 Å². The number of hydrogen-bond acceptors (Lipinski definition) is 4. The van der Waals surface area contributed by atoms with Crippen molar-refractivity contribution in [3.05, 3.63) is 47.4 Å². The van der Waals surface area contributed by atoms with E-state index in [1.807, 2.05) is 40.9 Å². The number of hydrogen-bond donors (Lipinski definition) is 1. The topological polar surface area (TPSA) is 93.2 Å². The van der Waals surface area contributed by atoms with Crippen LogP contribution in [0.25, 0.3) is 10.9 Å². The number of aryl methyl sites for hydroxylation is 1. The molecule has 0 aliphatic carbocycles. The van der Waals surface area contributed by atoms with E-state index in [0.29, 0.717) is 18.8 Å². The average molecular weight is 381 g/mol. The lowest BCUT2D eigenvalue weighted by molar-refractivity contribution is -0.131. The number of aromatic carboxylic acids is 1. The normalized spacial score (nSPS) is 15.3. The Morgan fingerprint density at radius 1 is 1.21 bits per heavy atom. The Labute approximate surface area is 162 Å². The minimum absolute atomic E-state index is 0.0747. The number of piperidine rings is 1. The van der Waals surface area contributed by atoms with Crippen molar-refractivity contribution in [2.24, 2.45) is 7.05 Å². The first-order chi connectivity index (χ1) is 13.5. The highest BCUT2D eigenvalue weighted by Gasteiger charge is 2.27. The van der Waals surface area contributed by atoms with Gasteiger partial charge in [-0.25, -0.2) is 4.79 Å². The zero-order valence-electron chi connectivity index (χ0n) is 16.0. The Kier molecular flexibility index (Phi) is 4.62. The predicted octanol–water partition coefficient (Wildman–Crippen LogP) is 2.18. The van der Waals surface area contributed by atoms with Crippen LogP contribution in [0.1, 0.15) is 40.6 Å². The minimum atomic E-state index is -0.959. The molecule has 0 unspecified atom stereocenters. The maximum absolute atomic E-state index is 12.8. The number of likely N-dealkylation sites (tertiary alicyclic amines) is 1. The third-order valence-corrected chi connectivity index (χ3v) is 5.59. The van der Waals surface area contributed by atoms with Crippen LogP contribution in [0.4, 0.5) is 0 Å². The quantitative estimate of drug-likeness (QED) is 0.748. The summed E-state index contributed by atoms with van der Waals surface area (Å²) >= 11 is 0. The zero-order chi connectivity index (χ0) is 19.8. The van der Waals surface area contributed by atoms with E-state index in [2.05, 4.69) is 10.2 Å². The van der Waals surface area contributed by atoms with E-state index in [9.17, 15) is 14.7 Å². The minimum Gasteiger partial charge on any atom is -0.478 e. The molecule has 1 aromatic carbocycles. The van der Waals surface area contributed by atoms with Crippen molar-refractivity contribution in [3.8, 4) is 0 Å². The van der Waals surface area contributed by atoms with Gasteiger partial charge in [-0.1, -0.05) is 18.2 Å². The van der Waals surface area contributed by atoms with Crippen molar-refractivity contribution >= 4 is 22.8 Å². The molecule has 0 saturated carbocycles. The third-order valence-electron chi connectivity index (χ3n) is 5.59. The summed E-state index contributed by atoms with van der Waals surface area (Å²) in [5.74, 6) is -0.885. The van der Waals surface area contributed by atoms with Gasteiger partial charge in [-0.15, -0.1) is 0 Å². The molecule has 3 heterocycles. The van der Waals surface area contributed by atoms with Gasteiger partial charge in [-0.2, -0.15) is 10.2 Å². The second-order valence-electron chi connectivity index (χ2n) is 7.27. The third kappa shape index (κ3) is 3.15. The molecule has 0 radical (unpaired) electrons. The number of carbonyl (C=O) groups excluding carboxylic acids is 1. The fourth-order valence-electron chi connectivity index (χ4n) is 4.04. The number of fused-ring (bicyclic) bond motifs is 1. The van der Waals surface area contributed by atoms with Crippen LogP contribution in [0.15, 0.2) is 30.5 Å². The van der Waals surface area contributed by atoms with E-state index in [4.69, 9.17) is 0 Å². The molecule has 1 fully saturated rings. The standard InChI is InChI=1S/C20H23N5O3/c1-13-16(20(27)28)12-21-25(13)14-7-9-24(10-8-14)19(26)11-17-15-5-3-4-6-18(15)23(2)22-17/h3-6,12,14H,7-11H2,1-2H3,(H,27,28). The lowest BCUT2D eigenvalue weighted by atomic mass is 10.0. The van der Waals surface area contributed by atoms with E-state index in [0.717, 1.165) is 29.4 Å². The Morgan fingerprint density at radius 2 is 1.93 bits per heavy atom. The first-order valence-electron chi connectivity index (χ1n) is 9.41. The summed E-state index contributed by atoms with van der Waals surface area (Å²) < 4.78 is 3.60. The Bertz CT molecular complexity index is 1040. The number of nitrogens with zero attached hydrogens (tertiary/aromatic N) is 5. The number of rotatable bonds is 4. The first kappa shape index (κ1) is 18.2. The molecule has 0 atom stereocenters. The van der Waals surface area contributed by atoms with E-state index in [1.54, 1.807) is 11.6 Å². The van der Waals surface area contributed by atoms with Gasteiger partial charge in [0.1, 0.15) is 5.56 Å². The lowest BCUT2D eigenvalue weighted by Gasteiger charge is -2.32. The molecule has 146 valence electrons. The number of aromatic nitrogens is 4. The molecule has 2 aromatic heterocycles. The summed E-state index contributed by atoms with van der Waals surface area (Å²) in [5.41, 5.74) is 2.73. The zero-order valence-corrected chi connectivity index (χ0v) is 16.0. The molecule has 3 aromatic rings. The van der Waals surface area contributed by atoms with Crippen LogP contribution in [0, 0.1) is 6.92 Å².